The van der Waals surface area contributed by atoms with Crippen LogP contribution in [0.4, 0.5) is 0 Å². The molecular formula is C9H7N2O4S-. The molecule has 7 heteroatoms. The number of carboxylic acid groups (broad SMARTS) is 1. The van der Waals surface area contributed by atoms with Crippen molar-refractivity contribution in [3.63, 3.8) is 0 Å². The van der Waals surface area contributed by atoms with Crippen LogP contribution < -0.4 is 5.11 Å². The molecule has 0 aromatic carbocycles. The van der Waals surface area contributed by atoms with Crippen LogP contribution in [0.2, 0.25) is 0 Å². The number of hydrogen-bond donors (Lipinski definition) is 0. The van der Waals surface area contributed by atoms with Crippen molar-refractivity contribution >= 4 is 17.7 Å². The number of carboxylic acids is 1. The van der Waals surface area contributed by atoms with Crippen LogP contribution in [0.1, 0.15) is 6.42 Å². The van der Waals surface area contributed by atoms with E-state index in [1.807, 2.05) is 0 Å². The molecule has 2 aromatic heterocycles. The fourth-order valence-corrected chi connectivity index (χ4v) is 1.67. The molecule has 0 aliphatic heterocycles. The van der Waals surface area contributed by atoms with Gasteiger partial charge in [0.25, 0.3) is 11.1 Å². The molecule has 0 aliphatic carbocycles. The molecular weight excluding hydrogens is 232 g/mol. The van der Waals surface area contributed by atoms with E-state index in [4.69, 9.17) is 8.83 Å². The SMILES string of the molecule is O=C([O-])CCSc1nnc(-c2ccco2)o1. The van der Waals surface area contributed by atoms with Gasteiger partial charge < -0.3 is 18.7 Å². The number of thioether (sulfide) groups is 1. The van der Waals surface area contributed by atoms with Gasteiger partial charge in [-0.25, -0.2) is 0 Å². The third-order valence-corrected chi connectivity index (χ3v) is 2.49. The molecule has 0 unspecified atom stereocenters. The van der Waals surface area contributed by atoms with Crippen molar-refractivity contribution < 1.29 is 18.7 Å². The maximum Gasteiger partial charge on any atom is 0.284 e. The first-order chi connectivity index (χ1) is 7.75. The van der Waals surface area contributed by atoms with E-state index in [0.717, 1.165) is 11.8 Å². The molecule has 0 amide bonds. The topological polar surface area (TPSA) is 92.2 Å². The Hall–Kier alpha value is -1.76. The van der Waals surface area contributed by atoms with Crippen LogP contribution in [0.25, 0.3) is 11.7 Å². The highest BCUT2D eigenvalue weighted by molar-refractivity contribution is 7.99. The van der Waals surface area contributed by atoms with Crippen molar-refractivity contribution in [2.45, 2.75) is 11.6 Å². The second-order valence-corrected chi connectivity index (χ2v) is 3.87. The Morgan fingerprint density at radius 3 is 3.06 bits per heavy atom. The van der Waals surface area contributed by atoms with Crippen LogP contribution in [0.5, 0.6) is 0 Å². The highest BCUT2D eigenvalue weighted by Gasteiger charge is 2.10. The normalized spacial score (nSPS) is 10.5. The van der Waals surface area contributed by atoms with E-state index in [1.165, 1.54) is 6.26 Å². The predicted octanol–water partition coefficient (Wildman–Crippen LogP) is 0.562. The summed E-state index contributed by atoms with van der Waals surface area (Å²) in [5.74, 6) is 0.000692. The Labute approximate surface area is 94.7 Å². The third-order valence-electron chi connectivity index (χ3n) is 1.67. The summed E-state index contributed by atoms with van der Waals surface area (Å²) in [6.45, 7) is 0. The number of carbonyl (C=O) groups excluding carboxylic acids is 1. The summed E-state index contributed by atoms with van der Waals surface area (Å²) in [5, 5.41) is 18.0. The molecule has 0 aliphatic rings. The van der Waals surface area contributed by atoms with Crippen molar-refractivity contribution in [3.8, 4) is 11.7 Å². The number of hydrogen-bond acceptors (Lipinski definition) is 7. The summed E-state index contributed by atoms with van der Waals surface area (Å²) in [5.41, 5.74) is 0. The van der Waals surface area contributed by atoms with E-state index >= 15 is 0 Å². The molecule has 0 saturated carbocycles. The number of furan rings is 1. The van der Waals surface area contributed by atoms with Crippen LogP contribution in [0, 0.1) is 0 Å². The van der Waals surface area contributed by atoms with E-state index in [0.29, 0.717) is 16.7 Å². The Kier molecular flexibility index (Phi) is 3.25. The zero-order valence-electron chi connectivity index (χ0n) is 8.08. The molecule has 16 heavy (non-hydrogen) atoms. The summed E-state index contributed by atoms with van der Waals surface area (Å²) in [7, 11) is 0. The molecule has 2 rings (SSSR count). The van der Waals surface area contributed by atoms with Gasteiger partial charge in [-0.05, 0) is 18.6 Å². The van der Waals surface area contributed by atoms with Gasteiger partial charge in [0.2, 0.25) is 0 Å². The van der Waals surface area contributed by atoms with Crippen LogP contribution in [-0.4, -0.2) is 21.9 Å². The number of nitrogens with zero attached hydrogens (tertiary/aromatic N) is 2. The minimum atomic E-state index is -1.10. The number of carbonyl (C=O) groups is 1. The van der Waals surface area contributed by atoms with Gasteiger partial charge in [0, 0.05) is 11.7 Å². The number of rotatable bonds is 5. The standard InChI is InChI=1S/C9H8N2O4S/c12-7(13)3-5-16-9-11-10-8(15-9)6-2-1-4-14-6/h1-2,4H,3,5H2,(H,12,13)/p-1. The minimum absolute atomic E-state index is 0.0524. The summed E-state index contributed by atoms with van der Waals surface area (Å²) in [6.07, 6.45) is 1.45. The molecule has 0 fully saturated rings. The van der Waals surface area contributed by atoms with Gasteiger partial charge in [-0.2, -0.15) is 0 Å². The Morgan fingerprint density at radius 1 is 1.50 bits per heavy atom. The fraction of sp³-hybridized carbons (Fsp3) is 0.222. The molecule has 0 atom stereocenters. The van der Waals surface area contributed by atoms with Crippen molar-refractivity contribution in [2.24, 2.45) is 0 Å². The summed E-state index contributed by atoms with van der Waals surface area (Å²) >= 11 is 1.16. The number of aliphatic carboxylic acids is 1. The lowest BCUT2D eigenvalue weighted by atomic mass is 10.5. The zero-order valence-corrected chi connectivity index (χ0v) is 8.90. The lowest BCUT2D eigenvalue weighted by Gasteiger charge is -1.97. The first-order valence-corrected chi connectivity index (χ1v) is 5.44. The van der Waals surface area contributed by atoms with Gasteiger partial charge >= 0.3 is 0 Å². The molecule has 6 nitrogen and oxygen atoms in total. The van der Waals surface area contributed by atoms with E-state index in [2.05, 4.69) is 10.2 Å². The Morgan fingerprint density at radius 2 is 2.38 bits per heavy atom. The molecule has 0 bridgehead atoms. The second kappa shape index (κ2) is 4.84. The smallest absolute Gasteiger partial charge is 0.284 e. The molecule has 0 saturated heterocycles. The second-order valence-electron chi connectivity index (χ2n) is 2.82. The van der Waals surface area contributed by atoms with Gasteiger partial charge in [-0.3, -0.25) is 0 Å². The molecule has 0 N–H and O–H groups in total. The maximum absolute atomic E-state index is 10.2. The first-order valence-electron chi connectivity index (χ1n) is 4.46. The van der Waals surface area contributed by atoms with Gasteiger partial charge in [0.1, 0.15) is 0 Å². The van der Waals surface area contributed by atoms with Gasteiger partial charge in [-0.15, -0.1) is 10.2 Å². The van der Waals surface area contributed by atoms with Crippen LogP contribution in [0.15, 0.2) is 32.5 Å². The van der Waals surface area contributed by atoms with E-state index in [1.54, 1.807) is 12.1 Å². The minimum Gasteiger partial charge on any atom is -0.550 e. The number of aromatic nitrogens is 2. The molecule has 84 valence electrons. The van der Waals surface area contributed by atoms with Crippen LogP contribution >= 0.6 is 11.8 Å². The first kappa shape index (κ1) is 10.7. The van der Waals surface area contributed by atoms with Gasteiger partial charge in [-0.1, -0.05) is 11.8 Å². The summed E-state index contributed by atoms with van der Waals surface area (Å²) in [4.78, 5) is 10.2. The molecule has 0 radical (unpaired) electrons. The fourth-order valence-electron chi connectivity index (χ4n) is 0.990. The maximum atomic E-state index is 10.2. The summed E-state index contributed by atoms with van der Waals surface area (Å²) in [6, 6.07) is 3.41. The van der Waals surface area contributed by atoms with E-state index in [9.17, 15) is 9.90 Å². The van der Waals surface area contributed by atoms with Crippen LogP contribution in [0.3, 0.4) is 0 Å². The van der Waals surface area contributed by atoms with Gasteiger partial charge in [0.15, 0.2) is 5.76 Å². The quantitative estimate of drug-likeness (QED) is 0.704. The highest BCUT2D eigenvalue weighted by atomic mass is 32.2. The largest absolute Gasteiger partial charge is 0.550 e. The van der Waals surface area contributed by atoms with Crippen molar-refractivity contribution in [1.82, 2.24) is 10.2 Å². The highest BCUT2D eigenvalue weighted by Crippen LogP contribution is 2.23. The van der Waals surface area contributed by atoms with Crippen molar-refractivity contribution in [3.05, 3.63) is 18.4 Å². The lowest BCUT2D eigenvalue weighted by Crippen LogP contribution is -2.22. The van der Waals surface area contributed by atoms with E-state index in [-0.39, 0.29) is 12.3 Å². The van der Waals surface area contributed by atoms with Gasteiger partial charge in [0.05, 0.1) is 6.26 Å². The average molecular weight is 239 g/mol. The lowest BCUT2D eigenvalue weighted by molar-refractivity contribution is -0.305. The average Bonchev–Trinajstić information content (AvgIpc) is 2.85. The molecule has 0 spiro atoms. The Bertz CT molecular complexity index is 466. The zero-order chi connectivity index (χ0) is 11.4. The third kappa shape index (κ3) is 2.63. The summed E-state index contributed by atoms with van der Waals surface area (Å²) < 4.78 is 10.3. The predicted molar refractivity (Wildman–Crippen MR) is 52.3 cm³/mol. The Balaban J connectivity index is 1.95. The van der Waals surface area contributed by atoms with E-state index < -0.39 is 5.97 Å². The van der Waals surface area contributed by atoms with Crippen molar-refractivity contribution in [2.75, 3.05) is 5.75 Å². The van der Waals surface area contributed by atoms with Crippen LogP contribution in [-0.2, 0) is 4.79 Å². The molecule has 2 aromatic rings. The molecule has 2 heterocycles. The monoisotopic (exact) mass is 239 g/mol. The van der Waals surface area contributed by atoms with Crippen molar-refractivity contribution in [1.29, 1.82) is 0 Å².